The molecule has 1 aromatic heterocycles. The molecular weight excluding hydrogens is 450 g/mol. The lowest BCUT2D eigenvalue weighted by Crippen LogP contribution is -2.39. The summed E-state index contributed by atoms with van der Waals surface area (Å²) in [6.07, 6.45) is 4.79. The van der Waals surface area contributed by atoms with Gasteiger partial charge in [-0.2, -0.15) is 5.26 Å². The highest BCUT2D eigenvalue weighted by Gasteiger charge is 2.18. The number of amides is 1. The van der Waals surface area contributed by atoms with E-state index in [0.717, 1.165) is 28.4 Å². The molecule has 1 atom stereocenters. The topological polar surface area (TPSA) is 148 Å². The molecule has 0 spiro atoms. The van der Waals surface area contributed by atoms with Crippen LogP contribution >= 0.6 is 11.3 Å². The number of nitriles is 1. The largest absolute Gasteiger partial charge is 0.490 e. The third-order valence-electron chi connectivity index (χ3n) is 5.32. The Kier molecular flexibility index (Phi) is 8.71. The van der Waals surface area contributed by atoms with Gasteiger partial charge in [-0.15, -0.1) is 10.2 Å². The van der Waals surface area contributed by atoms with E-state index in [1.807, 2.05) is 32.0 Å². The molecule has 2 aromatic carbocycles. The van der Waals surface area contributed by atoms with Crippen LogP contribution < -0.4 is 16.2 Å². The molecule has 0 radical (unpaired) electrons. The summed E-state index contributed by atoms with van der Waals surface area (Å²) in [5.74, 6) is -0.0689. The van der Waals surface area contributed by atoms with Gasteiger partial charge in [-0.25, -0.2) is 0 Å². The zero-order valence-electron chi connectivity index (χ0n) is 19.3. The second-order valence-electron chi connectivity index (χ2n) is 8.24. The van der Waals surface area contributed by atoms with Crippen LogP contribution in [-0.4, -0.2) is 40.0 Å². The summed E-state index contributed by atoms with van der Waals surface area (Å²) in [5.41, 5.74) is 15.0. The van der Waals surface area contributed by atoms with Crippen LogP contribution in [0, 0.1) is 11.3 Å². The van der Waals surface area contributed by atoms with Gasteiger partial charge in [0.2, 0.25) is 5.91 Å². The van der Waals surface area contributed by atoms with Crippen molar-refractivity contribution in [1.29, 1.82) is 5.26 Å². The molecule has 4 rings (SSSR count). The maximum absolute atomic E-state index is 9.87. The maximum Gasteiger partial charge on any atom is 0.236 e. The van der Waals surface area contributed by atoms with Crippen LogP contribution in [0.4, 0.5) is 0 Å². The number of aryl methyl sites for hydroxylation is 1. The Balaban J connectivity index is 0.000000406. The number of nitrogens with two attached hydrogens (primary N) is 2. The molecule has 9 heteroatoms. The van der Waals surface area contributed by atoms with E-state index < -0.39 is 11.9 Å². The van der Waals surface area contributed by atoms with E-state index in [0.29, 0.717) is 11.3 Å². The number of primary amides is 1. The van der Waals surface area contributed by atoms with Crippen LogP contribution in [0.3, 0.4) is 0 Å². The number of nitrogens with zero attached hydrogens (tertiary/aromatic N) is 3. The Bertz CT molecular complexity index is 1190. The zero-order chi connectivity index (χ0) is 24.7. The van der Waals surface area contributed by atoms with Crippen molar-refractivity contribution in [3.8, 4) is 33.0 Å². The van der Waals surface area contributed by atoms with Crippen LogP contribution in [0.1, 0.15) is 43.4 Å². The summed E-state index contributed by atoms with van der Waals surface area (Å²) in [7, 11) is 0. The first-order valence-electron chi connectivity index (χ1n) is 11.2. The number of rotatable bonds is 6. The lowest BCUT2D eigenvalue weighted by atomic mass is 9.88. The van der Waals surface area contributed by atoms with Gasteiger partial charge in [-0.3, -0.25) is 4.79 Å². The molecule has 0 fully saturated rings. The van der Waals surface area contributed by atoms with Crippen molar-refractivity contribution in [2.45, 2.75) is 51.7 Å². The first kappa shape index (κ1) is 25.3. The second-order valence-corrected chi connectivity index (χ2v) is 9.22. The van der Waals surface area contributed by atoms with Crippen molar-refractivity contribution in [2.75, 3.05) is 6.61 Å². The van der Waals surface area contributed by atoms with E-state index in [9.17, 15) is 10.1 Å². The molecule has 0 bridgehead atoms. The smallest absolute Gasteiger partial charge is 0.236 e. The Morgan fingerprint density at radius 1 is 1.21 bits per heavy atom. The first-order chi connectivity index (χ1) is 16.3. The highest BCUT2D eigenvalue weighted by Crippen LogP contribution is 2.36. The predicted molar refractivity (Wildman–Crippen MR) is 132 cm³/mol. The lowest BCUT2D eigenvalue weighted by molar-refractivity contribution is -0.120. The van der Waals surface area contributed by atoms with Gasteiger partial charge in [0.05, 0.1) is 18.3 Å². The molecule has 1 unspecified atom stereocenters. The van der Waals surface area contributed by atoms with E-state index >= 15 is 0 Å². The zero-order valence-corrected chi connectivity index (χ0v) is 20.1. The van der Waals surface area contributed by atoms with Crippen molar-refractivity contribution in [3.05, 3.63) is 53.1 Å². The van der Waals surface area contributed by atoms with Gasteiger partial charge in [0.25, 0.3) is 0 Å². The van der Waals surface area contributed by atoms with Gasteiger partial charge in [-0.1, -0.05) is 29.5 Å². The number of ether oxygens (including phenoxy) is 1. The minimum absolute atomic E-state index is 0.0281. The second kappa shape index (κ2) is 11.7. The average molecular weight is 480 g/mol. The fourth-order valence-electron chi connectivity index (χ4n) is 3.63. The summed E-state index contributed by atoms with van der Waals surface area (Å²) < 4.78 is 5.71. The van der Waals surface area contributed by atoms with E-state index in [1.165, 1.54) is 29.5 Å². The summed E-state index contributed by atoms with van der Waals surface area (Å²) in [6, 6.07) is 13.4. The summed E-state index contributed by atoms with van der Waals surface area (Å²) in [5, 5.41) is 28.2. The summed E-state index contributed by atoms with van der Waals surface area (Å²) in [6.45, 7) is 3.52. The van der Waals surface area contributed by atoms with Crippen LogP contribution in [-0.2, 0) is 17.6 Å². The number of aliphatic hydroxyl groups is 1. The van der Waals surface area contributed by atoms with Crippen LogP contribution in [0.25, 0.3) is 21.1 Å². The third kappa shape index (κ3) is 6.17. The van der Waals surface area contributed by atoms with Gasteiger partial charge in [-0.05, 0) is 68.9 Å². The van der Waals surface area contributed by atoms with E-state index in [4.69, 9.17) is 15.6 Å². The predicted octanol–water partition coefficient (Wildman–Crippen LogP) is 3.20. The molecule has 0 saturated heterocycles. The number of hydrogen-bond acceptors (Lipinski definition) is 8. The normalized spacial score (nSPS) is 13.3. The van der Waals surface area contributed by atoms with Crippen molar-refractivity contribution in [1.82, 2.24) is 10.2 Å². The van der Waals surface area contributed by atoms with E-state index in [-0.39, 0.29) is 12.7 Å². The number of fused-ring (bicyclic) bond motifs is 1. The molecule has 1 amide bonds. The first-order valence-corrected chi connectivity index (χ1v) is 12.0. The number of carbonyl (C=O) groups is 1. The van der Waals surface area contributed by atoms with E-state index in [1.54, 1.807) is 11.3 Å². The minimum atomic E-state index is -0.903. The molecule has 1 aliphatic carbocycles. The quantitative estimate of drug-likeness (QED) is 0.491. The molecule has 1 heterocycles. The van der Waals surface area contributed by atoms with Crippen LogP contribution in [0.2, 0.25) is 0 Å². The number of aromatic nitrogens is 2. The van der Waals surface area contributed by atoms with Crippen LogP contribution in [0.5, 0.6) is 5.75 Å². The Morgan fingerprint density at radius 3 is 2.59 bits per heavy atom. The highest BCUT2D eigenvalue weighted by molar-refractivity contribution is 7.17. The fraction of sp³-hybridized carbons (Fsp3) is 0.360. The molecule has 8 nitrogen and oxygen atoms in total. The van der Waals surface area contributed by atoms with Crippen LogP contribution in [0.15, 0.2) is 36.4 Å². The Morgan fingerprint density at radius 2 is 1.94 bits per heavy atom. The number of carbonyl (C=O) groups excluding carboxylic acids is 1. The SMILES string of the molecule is CC(C)Oc1ccc(-c2nnc(-c3cccc4c3CCCC4)s2)cc1C#N.NC(=O)C(N)CO. The van der Waals surface area contributed by atoms with Gasteiger partial charge < -0.3 is 21.3 Å². The standard InChI is InChI=1S/C22H21N3OS.C3H8N2O2/c1-14(2)26-20-11-10-16(12-17(20)13-23)21-24-25-22(27-21)19-9-5-7-15-6-3-4-8-18(15)19;4-2(1-6)3(5)7/h5,7,9-12,14H,3-4,6,8H2,1-2H3;2,6H,1,4H2,(H2,5,7). The van der Waals surface area contributed by atoms with Crippen molar-refractivity contribution < 1.29 is 14.6 Å². The van der Waals surface area contributed by atoms with Crippen molar-refractivity contribution in [2.24, 2.45) is 11.5 Å². The third-order valence-corrected chi connectivity index (χ3v) is 6.33. The molecule has 0 aliphatic heterocycles. The molecular formula is C25H29N5O3S. The number of hydrogen-bond donors (Lipinski definition) is 3. The monoisotopic (exact) mass is 479 g/mol. The lowest BCUT2D eigenvalue weighted by Gasteiger charge is -2.17. The molecule has 3 aromatic rings. The molecule has 178 valence electrons. The van der Waals surface area contributed by atoms with Gasteiger partial charge >= 0.3 is 0 Å². The van der Waals surface area contributed by atoms with Gasteiger partial charge in [0.1, 0.15) is 27.9 Å². The number of aliphatic hydroxyl groups excluding tert-OH is 1. The average Bonchev–Trinajstić information content (AvgIpc) is 3.33. The molecule has 0 saturated carbocycles. The highest BCUT2D eigenvalue weighted by atomic mass is 32.1. The van der Waals surface area contributed by atoms with Gasteiger partial charge in [0.15, 0.2) is 0 Å². The van der Waals surface area contributed by atoms with Gasteiger partial charge in [0, 0.05) is 11.1 Å². The minimum Gasteiger partial charge on any atom is -0.490 e. The summed E-state index contributed by atoms with van der Waals surface area (Å²) in [4.78, 5) is 9.87. The Hall–Kier alpha value is -3.32. The van der Waals surface area contributed by atoms with Crippen molar-refractivity contribution in [3.63, 3.8) is 0 Å². The molecule has 34 heavy (non-hydrogen) atoms. The van der Waals surface area contributed by atoms with E-state index in [2.05, 4.69) is 40.2 Å². The molecule has 5 N–H and O–H groups in total. The fourth-order valence-corrected chi connectivity index (χ4v) is 4.52. The maximum atomic E-state index is 9.87. The molecule has 1 aliphatic rings. The Labute approximate surface area is 203 Å². The number of benzene rings is 2. The summed E-state index contributed by atoms with van der Waals surface area (Å²) >= 11 is 1.58. The van der Waals surface area contributed by atoms with Crippen molar-refractivity contribution >= 4 is 17.2 Å².